The molecule has 33 heavy (non-hydrogen) atoms. The first-order valence-corrected chi connectivity index (χ1v) is 10.6. The van der Waals surface area contributed by atoms with Crippen molar-refractivity contribution in [1.82, 2.24) is 14.9 Å². The van der Waals surface area contributed by atoms with Gasteiger partial charge in [0.15, 0.2) is 0 Å². The molecule has 0 aliphatic carbocycles. The summed E-state index contributed by atoms with van der Waals surface area (Å²) in [6, 6.07) is 4.86. The van der Waals surface area contributed by atoms with Crippen molar-refractivity contribution in [2.24, 2.45) is 5.73 Å². The molecular weight excluding hydrogens is 437 g/mol. The Bertz CT molecular complexity index is 1000. The minimum atomic E-state index is -4.59. The summed E-state index contributed by atoms with van der Waals surface area (Å²) in [7, 11) is 1.74. The predicted octanol–water partition coefficient (Wildman–Crippen LogP) is 5.53. The number of nitrogens with two attached hydrogens (primary N) is 1. The summed E-state index contributed by atoms with van der Waals surface area (Å²) in [4.78, 5) is 19.0. The van der Waals surface area contributed by atoms with Crippen LogP contribution in [0.1, 0.15) is 51.8 Å². The van der Waals surface area contributed by atoms with Gasteiger partial charge >= 0.3 is 6.18 Å². The summed E-state index contributed by atoms with van der Waals surface area (Å²) in [5.74, 6) is 0.354. The summed E-state index contributed by atoms with van der Waals surface area (Å²) in [5, 5.41) is 10.1. The number of nitrogens with zero attached hydrogens (tertiary/aromatic N) is 3. The van der Waals surface area contributed by atoms with E-state index >= 15 is 0 Å². The van der Waals surface area contributed by atoms with Gasteiger partial charge in [0.25, 0.3) is 0 Å². The van der Waals surface area contributed by atoms with Crippen LogP contribution < -0.4 is 5.73 Å². The monoisotopic (exact) mass is 470 g/mol. The molecule has 3 rings (SSSR count). The van der Waals surface area contributed by atoms with E-state index < -0.39 is 11.9 Å². The van der Waals surface area contributed by atoms with Gasteiger partial charge in [0.1, 0.15) is 22.7 Å². The van der Waals surface area contributed by atoms with Crippen LogP contribution in [-0.2, 0) is 17.5 Å². The summed E-state index contributed by atoms with van der Waals surface area (Å²) in [6.07, 6.45) is -3.79. The molecule has 0 aliphatic heterocycles. The highest BCUT2D eigenvalue weighted by Gasteiger charge is 2.33. The largest absolute Gasteiger partial charge is 0.506 e. The fourth-order valence-corrected chi connectivity index (χ4v) is 2.35. The molecule has 0 saturated carbocycles. The SMILES string of the molecule is CC.CC.CCN(C)C=O.Cc1nc(-c2ccc(O)c3nc(C(F)(F)F)ccc23)oc1CN. The van der Waals surface area contributed by atoms with Crippen LogP contribution in [0.5, 0.6) is 5.75 Å². The van der Waals surface area contributed by atoms with Gasteiger partial charge in [-0.3, -0.25) is 4.79 Å². The maximum atomic E-state index is 12.8. The molecule has 3 aromatic rings. The predicted molar refractivity (Wildman–Crippen MR) is 124 cm³/mol. The van der Waals surface area contributed by atoms with Crippen molar-refractivity contribution in [3.63, 3.8) is 0 Å². The van der Waals surface area contributed by atoms with Gasteiger partial charge in [-0.25, -0.2) is 9.97 Å². The molecule has 1 amide bonds. The molecular formula is C23H33F3N4O3. The first-order valence-electron chi connectivity index (χ1n) is 10.6. The third-order valence-corrected chi connectivity index (χ3v) is 4.11. The van der Waals surface area contributed by atoms with Crippen LogP contribution in [0.15, 0.2) is 28.7 Å². The standard InChI is InChI=1S/C15H12F3N3O2.C4H9NO.2C2H6/c1-7-11(6-19)23-14(20-7)9-2-4-10(22)13-8(9)3-5-12(21-13)15(16,17)18;1-3-5(2)4-6;2*1-2/h2-5,22H,6,19H2,1H3;4H,3H2,1-2H3;2*1-2H3. The molecule has 2 aromatic heterocycles. The van der Waals surface area contributed by atoms with E-state index in [2.05, 4.69) is 9.97 Å². The van der Waals surface area contributed by atoms with E-state index in [1.165, 1.54) is 18.2 Å². The summed E-state index contributed by atoms with van der Waals surface area (Å²) < 4.78 is 43.9. The van der Waals surface area contributed by atoms with Crippen LogP contribution >= 0.6 is 0 Å². The Morgan fingerprint density at radius 1 is 1.12 bits per heavy atom. The van der Waals surface area contributed by atoms with Crippen LogP contribution in [0.25, 0.3) is 22.4 Å². The van der Waals surface area contributed by atoms with E-state index in [0.29, 0.717) is 22.4 Å². The quantitative estimate of drug-likeness (QED) is 0.486. The Labute approximate surface area is 192 Å². The first-order chi connectivity index (χ1) is 15.6. The first kappa shape index (κ1) is 29.9. The maximum absolute atomic E-state index is 12.8. The van der Waals surface area contributed by atoms with Gasteiger partial charge in [-0.1, -0.05) is 27.7 Å². The number of carbonyl (C=O) groups excluding carboxylic acids is 1. The Morgan fingerprint density at radius 3 is 2.15 bits per heavy atom. The van der Waals surface area contributed by atoms with Gasteiger partial charge in [0, 0.05) is 24.5 Å². The molecule has 2 heterocycles. The van der Waals surface area contributed by atoms with Crippen LogP contribution in [0.4, 0.5) is 13.2 Å². The van der Waals surface area contributed by atoms with Gasteiger partial charge in [-0.2, -0.15) is 13.2 Å². The average molecular weight is 471 g/mol. The number of phenols is 1. The highest BCUT2D eigenvalue weighted by Crippen LogP contribution is 2.36. The summed E-state index contributed by atoms with van der Waals surface area (Å²) in [5.41, 5.74) is 5.32. The number of carbonyl (C=O) groups is 1. The number of aromatic nitrogens is 2. The number of alkyl halides is 3. The molecule has 0 spiro atoms. The molecule has 184 valence electrons. The number of fused-ring (bicyclic) bond motifs is 1. The lowest BCUT2D eigenvalue weighted by molar-refractivity contribution is -0.141. The fourth-order valence-electron chi connectivity index (χ4n) is 2.35. The fraction of sp³-hybridized carbons (Fsp3) is 0.435. The minimum absolute atomic E-state index is 0.158. The highest BCUT2D eigenvalue weighted by molar-refractivity contribution is 5.96. The van der Waals surface area contributed by atoms with Crippen LogP contribution in [0.2, 0.25) is 0 Å². The van der Waals surface area contributed by atoms with Crippen molar-refractivity contribution >= 4 is 17.3 Å². The van der Waals surface area contributed by atoms with Crippen LogP contribution in [0, 0.1) is 6.92 Å². The normalized spacial score (nSPS) is 10.2. The maximum Gasteiger partial charge on any atom is 0.433 e. The molecule has 0 saturated heterocycles. The third kappa shape index (κ3) is 8.05. The van der Waals surface area contributed by atoms with Gasteiger partial charge in [0.2, 0.25) is 12.3 Å². The van der Waals surface area contributed by atoms with E-state index in [4.69, 9.17) is 10.2 Å². The zero-order valence-electron chi connectivity index (χ0n) is 20.1. The zero-order chi connectivity index (χ0) is 25.8. The number of pyridine rings is 1. The van der Waals surface area contributed by atoms with Gasteiger partial charge in [-0.15, -0.1) is 0 Å². The lowest BCUT2D eigenvalue weighted by Gasteiger charge is -2.09. The molecule has 0 fully saturated rings. The van der Waals surface area contributed by atoms with Crippen molar-refractivity contribution in [3.05, 3.63) is 41.4 Å². The van der Waals surface area contributed by atoms with Crippen molar-refractivity contribution in [2.45, 2.75) is 54.3 Å². The van der Waals surface area contributed by atoms with Crippen molar-refractivity contribution in [3.8, 4) is 17.2 Å². The second kappa shape index (κ2) is 14.1. The smallest absolute Gasteiger partial charge is 0.433 e. The second-order valence-corrected chi connectivity index (χ2v) is 6.13. The highest BCUT2D eigenvalue weighted by atomic mass is 19.4. The number of aromatic hydroxyl groups is 1. The summed E-state index contributed by atoms with van der Waals surface area (Å²) >= 11 is 0. The molecule has 0 aliphatic rings. The molecule has 3 N–H and O–H groups in total. The Hall–Kier alpha value is -3.14. The Morgan fingerprint density at radius 2 is 1.73 bits per heavy atom. The molecule has 10 heteroatoms. The average Bonchev–Trinajstić information content (AvgIpc) is 3.21. The number of halogens is 3. The minimum Gasteiger partial charge on any atom is -0.506 e. The van der Waals surface area contributed by atoms with E-state index in [0.717, 1.165) is 19.0 Å². The molecule has 0 unspecified atom stereocenters. The summed E-state index contributed by atoms with van der Waals surface area (Å²) in [6.45, 7) is 12.6. The molecule has 7 nitrogen and oxygen atoms in total. The number of benzene rings is 1. The topological polar surface area (TPSA) is 105 Å². The molecule has 0 atom stereocenters. The Kier molecular flexibility index (Phi) is 12.8. The number of hydrogen-bond acceptors (Lipinski definition) is 6. The number of rotatable bonds is 4. The van der Waals surface area contributed by atoms with Crippen LogP contribution in [-0.4, -0.2) is 40.0 Å². The lowest BCUT2D eigenvalue weighted by Crippen LogP contribution is -2.13. The molecule has 0 radical (unpaired) electrons. The number of amides is 1. The number of hydrogen-bond donors (Lipinski definition) is 2. The van der Waals surface area contributed by atoms with Crippen molar-refractivity contribution in [1.29, 1.82) is 0 Å². The number of aryl methyl sites for hydroxylation is 1. The third-order valence-electron chi connectivity index (χ3n) is 4.11. The van der Waals surface area contributed by atoms with Crippen molar-refractivity contribution in [2.75, 3.05) is 13.6 Å². The lowest BCUT2D eigenvalue weighted by atomic mass is 10.1. The number of phenolic OH excluding ortho intramolecular Hbond substituents is 1. The second-order valence-electron chi connectivity index (χ2n) is 6.13. The zero-order valence-corrected chi connectivity index (χ0v) is 20.1. The van der Waals surface area contributed by atoms with E-state index in [1.807, 2.05) is 34.6 Å². The van der Waals surface area contributed by atoms with E-state index in [9.17, 15) is 23.1 Å². The number of oxazole rings is 1. The molecule has 0 bridgehead atoms. The van der Waals surface area contributed by atoms with Gasteiger partial charge < -0.3 is 20.2 Å². The Balaban J connectivity index is 0.000000880. The van der Waals surface area contributed by atoms with E-state index in [-0.39, 0.29) is 23.7 Å². The van der Waals surface area contributed by atoms with Gasteiger partial charge in [0.05, 0.1) is 12.2 Å². The van der Waals surface area contributed by atoms with Crippen molar-refractivity contribution < 1.29 is 27.5 Å². The van der Waals surface area contributed by atoms with E-state index in [1.54, 1.807) is 18.9 Å². The molecule has 1 aromatic carbocycles. The van der Waals surface area contributed by atoms with Gasteiger partial charge in [-0.05, 0) is 38.1 Å². The van der Waals surface area contributed by atoms with Crippen LogP contribution in [0.3, 0.4) is 0 Å².